The third-order valence-electron chi connectivity index (χ3n) is 1.73. The molecule has 0 aliphatic rings. The molecule has 0 amide bonds. The third-order valence-corrected chi connectivity index (χ3v) is 1.73. The van der Waals surface area contributed by atoms with E-state index in [1.165, 1.54) is 0 Å². The predicted octanol–water partition coefficient (Wildman–Crippen LogP) is 0.898. The summed E-state index contributed by atoms with van der Waals surface area (Å²) in [6.45, 7) is 3.88. The molecule has 98 valence electrons. The Morgan fingerprint density at radius 2 is 1.62 bits per heavy atom. The van der Waals surface area contributed by atoms with Crippen LogP contribution in [0.25, 0.3) is 0 Å². The Morgan fingerprint density at radius 3 is 2.00 bits per heavy atom. The SMILES string of the molecule is CCOC(CNC[C@@H](O)C(F)(F)F)OCC. The van der Waals surface area contributed by atoms with E-state index in [4.69, 9.17) is 14.6 Å². The van der Waals surface area contributed by atoms with Gasteiger partial charge >= 0.3 is 6.18 Å². The van der Waals surface area contributed by atoms with Crippen molar-refractivity contribution in [3.05, 3.63) is 0 Å². The molecule has 0 unspecified atom stereocenters. The highest BCUT2D eigenvalue weighted by Crippen LogP contribution is 2.19. The molecule has 0 spiro atoms. The van der Waals surface area contributed by atoms with Gasteiger partial charge in [-0.1, -0.05) is 0 Å². The van der Waals surface area contributed by atoms with Gasteiger partial charge in [0.25, 0.3) is 0 Å². The summed E-state index contributed by atoms with van der Waals surface area (Å²) >= 11 is 0. The van der Waals surface area contributed by atoms with E-state index in [1.54, 1.807) is 13.8 Å². The van der Waals surface area contributed by atoms with E-state index in [0.717, 1.165) is 0 Å². The molecule has 16 heavy (non-hydrogen) atoms. The van der Waals surface area contributed by atoms with Gasteiger partial charge in [0, 0.05) is 26.3 Å². The lowest BCUT2D eigenvalue weighted by Gasteiger charge is -2.19. The topological polar surface area (TPSA) is 50.7 Å². The molecule has 0 rings (SSSR count). The van der Waals surface area contributed by atoms with Crippen molar-refractivity contribution in [3.63, 3.8) is 0 Å². The molecule has 1 atom stereocenters. The molecule has 0 aliphatic heterocycles. The van der Waals surface area contributed by atoms with Crippen molar-refractivity contribution in [1.29, 1.82) is 0 Å². The number of hydrogen-bond donors (Lipinski definition) is 2. The summed E-state index contributed by atoms with van der Waals surface area (Å²) in [5, 5.41) is 11.1. The van der Waals surface area contributed by atoms with Crippen LogP contribution < -0.4 is 5.32 Å². The first-order valence-corrected chi connectivity index (χ1v) is 5.10. The van der Waals surface area contributed by atoms with Crippen LogP contribution in [0.3, 0.4) is 0 Å². The van der Waals surface area contributed by atoms with Crippen molar-refractivity contribution >= 4 is 0 Å². The molecule has 0 aromatic carbocycles. The molecule has 7 heteroatoms. The van der Waals surface area contributed by atoms with E-state index < -0.39 is 25.1 Å². The Labute approximate surface area is 92.7 Å². The molecule has 0 aliphatic carbocycles. The number of nitrogens with one attached hydrogen (secondary N) is 1. The summed E-state index contributed by atoms with van der Waals surface area (Å²) in [5.74, 6) is 0. The fourth-order valence-electron chi connectivity index (χ4n) is 0.991. The minimum Gasteiger partial charge on any atom is -0.382 e. The van der Waals surface area contributed by atoms with Gasteiger partial charge in [-0.25, -0.2) is 0 Å². The molecule has 0 saturated carbocycles. The van der Waals surface area contributed by atoms with Crippen LogP contribution in [0.5, 0.6) is 0 Å². The van der Waals surface area contributed by atoms with E-state index in [-0.39, 0.29) is 6.54 Å². The second-order valence-electron chi connectivity index (χ2n) is 3.06. The minimum absolute atomic E-state index is 0.106. The minimum atomic E-state index is -4.60. The summed E-state index contributed by atoms with van der Waals surface area (Å²) in [6, 6.07) is 0. The Morgan fingerprint density at radius 1 is 1.12 bits per heavy atom. The standard InChI is InChI=1S/C9H18F3NO3/c1-3-15-8(16-4-2)6-13-5-7(14)9(10,11)12/h7-8,13-14H,3-6H2,1-2H3/t7-/m1/s1. The van der Waals surface area contributed by atoms with Crippen LogP contribution in [0.1, 0.15) is 13.8 Å². The molecule has 0 saturated heterocycles. The van der Waals surface area contributed by atoms with Crippen molar-refractivity contribution in [2.75, 3.05) is 26.3 Å². The highest BCUT2D eigenvalue weighted by atomic mass is 19.4. The fourth-order valence-corrected chi connectivity index (χ4v) is 0.991. The quantitative estimate of drug-likeness (QED) is 0.624. The third kappa shape index (κ3) is 7.00. The monoisotopic (exact) mass is 245 g/mol. The summed E-state index contributed by atoms with van der Waals surface area (Å²) in [6.07, 6.45) is -7.55. The maximum atomic E-state index is 11.9. The molecular weight excluding hydrogens is 227 g/mol. The van der Waals surface area contributed by atoms with E-state index in [9.17, 15) is 13.2 Å². The molecule has 2 N–H and O–H groups in total. The van der Waals surface area contributed by atoms with E-state index in [0.29, 0.717) is 13.2 Å². The fraction of sp³-hybridized carbons (Fsp3) is 1.00. The zero-order valence-electron chi connectivity index (χ0n) is 9.38. The predicted molar refractivity (Wildman–Crippen MR) is 52.0 cm³/mol. The Hall–Kier alpha value is -0.370. The highest BCUT2D eigenvalue weighted by molar-refractivity contribution is 4.68. The zero-order chi connectivity index (χ0) is 12.6. The van der Waals surface area contributed by atoms with E-state index in [2.05, 4.69) is 5.32 Å². The summed E-state index contributed by atoms with van der Waals surface area (Å²) < 4.78 is 46.0. The first kappa shape index (κ1) is 15.6. The van der Waals surface area contributed by atoms with Gasteiger partial charge in [0.05, 0.1) is 0 Å². The lowest BCUT2D eigenvalue weighted by atomic mass is 10.3. The van der Waals surface area contributed by atoms with Crippen molar-refractivity contribution < 1.29 is 27.8 Å². The van der Waals surface area contributed by atoms with Crippen molar-refractivity contribution in [3.8, 4) is 0 Å². The van der Waals surface area contributed by atoms with Crippen LogP contribution in [0, 0.1) is 0 Å². The molecule has 0 heterocycles. The molecular formula is C9H18F3NO3. The van der Waals surface area contributed by atoms with Gasteiger partial charge in [0.2, 0.25) is 0 Å². The van der Waals surface area contributed by atoms with Crippen LogP contribution in [-0.2, 0) is 9.47 Å². The largest absolute Gasteiger partial charge is 0.415 e. The van der Waals surface area contributed by atoms with E-state index in [1.807, 2.05) is 0 Å². The van der Waals surface area contributed by atoms with Crippen LogP contribution in [0.2, 0.25) is 0 Å². The summed E-state index contributed by atoms with van der Waals surface area (Å²) in [4.78, 5) is 0. The number of aliphatic hydroxyl groups excluding tert-OH is 1. The van der Waals surface area contributed by atoms with Gasteiger partial charge in [-0.3, -0.25) is 0 Å². The Bertz CT molecular complexity index is 172. The number of hydrogen-bond acceptors (Lipinski definition) is 4. The first-order chi connectivity index (χ1) is 7.41. The summed E-state index contributed by atoms with van der Waals surface area (Å²) in [5.41, 5.74) is 0. The Balaban J connectivity index is 3.76. The molecule has 0 aromatic heterocycles. The lowest BCUT2D eigenvalue weighted by molar-refractivity contribution is -0.203. The van der Waals surface area contributed by atoms with Crippen LogP contribution in [0.4, 0.5) is 13.2 Å². The number of halogens is 3. The van der Waals surface area contributed by atoms with Crippen molar-refractivity contribution in [2.24, 2.45) is 0 Å². The van der Waals surface area contributed by atoms with Gasteiger partial charge in [-0.2, -0.15) is 13.2 Å². The normalized spacial score (nSPS) is 14.4. The smallest absolute Gasteiger partial charge is 0.382 e. The maximum absolute atomic E-state index is 11.9. The number of alkyl halides is 3. The van der Waals surface area contributed by atoms with Gasteiger partial charge < -0.3 is 19.9 Å². The molecule has 0 bridgehead atoms. The zero-order valence-corrected chi connectivity index (χ0v) is 9.38. The Kier molecular flexibility index (Phi) is 7.65. The molecule has 4 nitrogen and oxygen atoms in total. The second kappa shape index (κ2) is 7.83. The maximum Gasteiger partial charge on any atom is 0.415 e. The number of aliphatic hydroxyl groups is 1. The van der Waals surface area contributed by atoms with Gasteiger partial charge in [0.15, 0.2) is 12.4 Å². The average Bonchev–Trinajstić information content (AvgIpc) is 2.16. The molecule has 0 aromatic rings. The van der Waals surface area contributed by atoms with Gasteiger partial charge in [0.1, 0.15) is 0 Å². The number of ether oxygens (including phenoxy) is 2. The van der Waals surface area contributed by atoms with Crippen LogP contribution >= 0.6 is 0 Å². The average molecular weight is 245 g/mol. The lowest BCUT2D eigenvalue weighted by Crippen LogP contribution is -2.41. The molecule has 0 fully saturated rings. The van der Waals surface area contributed by atoms with Crippen molar-refractivity contribution in [2.45, 2.75) is 32.4 Å². The van der Waals surface area contributed by atoms with E-state index >= 15 is 0 Å². The first-order valence-electron chi connectivity index (χ1n) is 5.10. The van der Waals surface area contributed by atoms with Crippen LogP contribution in [-0.4, -0.2) is 50.0 Å². The number of rotatable bonds is 8. The van der Waals surface area contributed by atoms with Gasteiger partial charge in [-0.15, -0.1) is 0 Å². The van der Waals surface area contributed by atoms with Gasteiger partial charge in [-0.05, 0) is 13.8 Å². The highest BCUT2D eigenvalue weighted by Gasteiger charge is 2.37. The second-order valence-corrected chi connectivity index (χ2v) is 3.06. The van der Waals surface area contributed by atoms with Crippen LogP contribution in [0.15, 0.2) is 0 Å². The van der Waals surface area contributed by atoms with Crippen molar-refractivity contribution in [1.82, 2.24) is 5.32 Å². The molecule has 0 radical (unpaired) electrons. The summed E-state index contributed by atoms with van der Waals surface area (Å²) in [7, 11) is 0.